The van der Waals surface area contributed by atoms with Gasteiger partial charge in [-0.1, -0.05) is 6.07 Å². The second kappa shape index (κ2) is 7.07. The van der Waals surface area contributed by atoms with E-state index in [-0.39, 0.29) is 30.3 Å². The summed E-state index contributed by atoms with van der Waals surface area (Å²) in [6, 6.07) is 6.20. The molecule has 1 aliphatic carbocycles. The lowest BCUT2D eigenvalue weighted by Gasteiger charge is -2.39. The molecule has 4 rings (SSSR count). The number of rotatable bonds is 2. The van der Waals surface area contributed by atoms with Crippen molar-refractivity contribution in [2.45, 2.75) is 37.8 Å². The third kappa shape index (κ3) is 3.32. The molecule has 5 nitrogen and oxygen atoms in total. The lowest BCUT2D eigenvalue weighted by Crippen LogP contribution is -2.52. The summed E-state index contributed by atoms with van der Waals surface area (Å²) in [4.78, 5) is 12.6. The van der Waals surface area contributed by atoms with Crippen LogP contribution in [0, 0.1) is 5.92 Å². The highest BCUT2D eigenvalue weighted by Gasteiger charge is 2.36. The Kier molecular flexibility index (Phi) is 5.09. The molecule has 3 atom stereocenters. The highest BCUT2D eigenvalue weighted by atomic mass is 35.5. The van der Waals surface area contributed by atoms with Gasteiger partial charge in [0, 0.05) is 36.2 Å². The standard InChI is InChI=1S/C17H22N2O3.ClH/c20-17(11-4-5-16-14(10-11)18-7-9-22-16)19-13-2-1-3-15-12(13)6-8-21-15;/h1-3,11,14,16,18H,4-10H2,(H,19,20);1H/t11-,14+,16+;/m0./s1. The molecule has 1 saturated heterocycles. The van der Waals surface area contributed by atoms with E-state index >= 15 is 0 Å². The number of hydrogen-bond acceptors (Lipinski definition) is 4. The first-order valence-corrected chi connectivity index (χ1v) is 8.22. The summed E-state index contributed by atoms with van der Waals surface area (Å²) in [6.07, 6.45) is 3.89. The molecule has 1 aromatic carbocycles. The maximum Gasteiger partial charge on any atom is 0.227 e. The Morgan fingerprint density at radius 3 is 3.09 bits per heavy atom. The van der Waals surface area contributed by atoms with E-state index in [0.717, 1.165) is 55.8 Å². The fourth-order valence-corrected chi connectivity index (χ4v) is 3.82. The van der Waals surface area contributed by atoms with Crippen molar-refractivity contribution in [1.82, 2.24) is 5.32 Å². The van der Waals surface area contributed by atoms with E-state index in [1.807, 2.05) is 18.2 Å². The van der Waals surface area contributed by atoms with E-state index in [2.05, 4.69) is 10.6 Å². The number of amides is 1. The minimum Gasteiger partial charge on any atom is -0.493 e. The number of anilines is 1. The smallest absolute Gasteiger partial charge is 0.227 e. The second-order valence-electron chi connectivity index (χ2n) is 6.35. The van der Waals surface area contributed by atoms with Crippen LogP contribution in [0.5, 0.6) is 5.75 Å². The van der Waals surface area contributed by atoms with Crippen molar-refractivity contribution in [2.75, 3.05) is 25.1 Å². The summed E-state index contributed by atoms with van der Waals surface area (Å²) < 4.78 is 11.3. The molecule has 126 valence electrons. The number of morpholine rings is 1. The molecule has 2 aliphatic heterocycles. The molecule has 1 aromatic rings. The van der Waals surface area contributed by atoms with Crippen molar-refractivity contribution in [2.24, 2.45) is 5.92 Å². The van der Waals surface area contributed by atoms with Gasteiger partial charge in [-0.2, -0.15) is 0 Å². The van der Waals surface area contributed by atoms with Gasteiger partial charge < -0.3 is 20.1 Å². The zero-order chi connectivity index (χ0) is 14.9. The molecule has 2 N–H and O–H groups in total. The second-order valence-corrected chi connectivity index (χ2v) is 6.35. The molecule has 0 aromatic heterocycles. The monoisotopic (exact) mass is 338 g/mol. The van der Waals surface area contributed by atoms with Crippen LogP contribution in [0.15, 0.2) is 18.2 Å². The Bertz CT molecular complexity index is 581. The molecule has 2 fully saturated rings. The van der Waals surface area contributed by atoms with Gasteiger partial charge in [-0.25, -0.2) is 0 Å². The highest BCUT2D eigenvalue weighted by molar-refractivity contribution is 5.93. The molecule has 0 unspecified atom stereocenters. The van der Waals surface area contributed by atoms with Gasteiger partial charge >= 0.3 is 0 Å². The van der Waals surface area contributed by atoms with Gasteiger partial charge in [0.2, 0.25) is 5.91 Å². The minimum absolute atomic E-state index is 0. The molecule has 6 heteroatoms. The fourth-order valence-electron chi connectivity index (χ4n) is 3.82. The average molecular weight is 339 g/mol. The fraction of sp³-hybridized carbons (Fsp3) is 0.588. The van der Waals surface area contributed by atoms with E-state index < -0.39 is 0 Å². The normalized spacial score (nSPS) is 28.8. The summed E-state index contributed by atoms with van der Waals surface area (Å²) in [5, 5.41) is 6.61. The number of ether oxygens (including phenoxy) is 2. The number of carbonyl (C=O) groups excluding carboxylic acids is 1. The third-order valence-corrected chi connectivity index (χ3v) is 5.00. The van der Waals surface area contributed by atoms with E-state index in [1.165, 1.54) is 0 Å². The minimum atomic E-state index is 0. The summed E-state index contributed by atoms with van der Waals surface area (Å²) in [5.74, 6) is 1.10. The van der Waals surface area contributed by atoms with Crippen LogP contribution in [0.25, 0.3) is 0 Å². The number of hydrogen-bond donors (Lipinski definition) is 2. The van der Waals surface area contributed by atoms with Gasteiger partial charge in [-0.15, -0.1) is 12.4 Å². The Morgan fingerprint density at radius 1 is 1.26 bits per heavy atom. The first kappa shape index (κ1) is 16.6. The van der Waals surface area contributed by atoms with Crippen molar-refractivity contribution in [3.8, 4) is 5.75 Å². The zero-order valence-electron chi connectivity index (χ0n) is 13.0. The van der Waals surface area contributed by atoms with Crippen LogP contribution in [0.4, 0.5) is 5.69 Å². The van der Waals surface area contributed by atoms with Crippen LogP contribution in [0.3, 0.4) is 0 Å². The molecule has 1 amide bonds. The van der Waals surface area contributed by atoms with Gasteiger partial charge in [0.1, 0.15) is 5.75 Å². The predicted octanol–water partition coefficient (Wildman–Crippen LogP) is 2.14. The molecule has 0 spiro atoms. The van der Waals surface area contributed by atoms with Crippen LogP contribution in [0.2, 0.25) is 0 Å². The zero-order valence-corrected chi connectivity index (χ0v) is 13.9. The van der Waals surface area contributed by atoms with E-state index in [9.17, 15) is 4.79 Å². The summed E-state index contributed by atoms with van der Waals surface area (Å²) in [7, 11) is 0. The van der Waals surface area contributed by atoms with Crippen molar-refractivity contribution in [3.63, 3.8) is 0 Å². The number of halogens is 1. The van der Waals surface area contributed by atoms with Crippen LogP contribution in [-0.4, -0.2) is 37.8 Å². The third-order valence-electron chi connectivity index (χ3n) is 5.00. The number of benzene rings is 1. The molecule has 23 heavy (non-hydrogen) atoms. The molecule has 1 saturated carbocycles. The summed E-state index contributed by atoms with van der Waals surface area (Å²) in [6.45, 7) is 2.38. The molecule has 0 radical (unpaired) electrons. The van der Waals surface area contributed by atoms with E-state index in [0.29, 0.717) is 12.6 Å². The molecule has 2 heterocycles. The van der Waals surface area contributed by atoms with Crippen molar-refractivity contribution in [3.05, 3.63) is 23.8 Å². The number of nitrogens with one attached hydrogen (secondary N) is 2. The highest BCUT2D eigenvalue weighted by Crippen LogP contribution is 2.33. The van der Waals surface area contributed by atoms with Crippen LogP contribution in [-0.2, 0) is 16.0 Å². The maximum atomic E-state index is 12.6. The summed E-state index contributed by atoms with van der Waals surface area (Å²) in [5.41, 5.74) is 2.04. The first-order chi connectivity index (χ1) is 10.8. The molecule has 3 aliphatic rings. The van der Waals surface area contributed by atoms with Gasteiger partial charge in [0.05, 0.1) is 19.3 Å². The van der Waals surface area contributed by atoms with Gasteiger partial charge in [-0.3, -0.25) is 4.79 Å². The van der Waals surface area contributed by atoms with Crippen LogP contribution >= 0.6 is 12.4 Å². The first-order valence-electron chi connectivity index (χ1n) is 8.22. The van der Waals surface area contributed by atoms with E-state index in [1.54, 1.807) is 0 Å². The van der Waals surface area contributed by atoms with E-state index in [4.69, 9.17) is 9.47 Å². The Hall–Kier alpha value is -1.30. The van der Waals surface area contributed by atoms with Crippen molar-refractivity contribution in [1.29, 1.82) is 0 Å². The average Bonchev–Trinajstić information content (AvgIpc) is 3.04. The predicted molar refractivity (Wildman–Crippen MR) is 90.4 cm³/mol. The van der Waals surface area contributed by atoms with Crippen molar-refractivity contribution >= 4 is 24.0 Å². The Balaban J connectivity index is 0.00000156. The quantitative estimate of drug-likeness (QED) is 0.867. The van der Waals surface area contributed by atoms with Crippen molar-refractivity contribution < 1.29 is 14.3 Å². The van der Waals surface area contributed by atoms with Gasteiger partial charge in [0.25, 0.3) is 0 Å². The number of fused-ring (bicyclic) bond motifs is 2. The van der Waals surface area contributed by atoms with Crippen LogP contribution in [0.1, 0.15) is 24.8 Å². The summed E-state index contributed by atoms with van der Waals surface area (Å²) >= 11 is 0. The van der Waals surface area contributed by atoms with Crippen LogP contribution < -0.4 is 15.4 Å². The lowest BCUT2D eigenvalue weighted by molar-refractivity contribution is -0.123. The topological polar surface area (TPSA) is 59.6 Å². The maximum absolute atomic E-state index is 12.6. The van der Waals surface area contributed by atoms with Gasteiger partial charge in [-0.05, 0) is 31.4 Å². The molecule has 0 bridgehead atoms. The largest absolute Gasteiger partial charge is 0.493 e. The number of carbonyl (C=O) groups is 1. The lowest BCUT2D eigenvalue weighted by atomic mass is 9.82. The Labute approximate surface area is 142 Å². The van der Waals surface area contributed by atoms with Gasteiger partial charge in [0.15, 0.2) is 0 Å². The Morgan fingerprint density at radius 2 is 2.17 bits per heavy atom. The SMILES string of the molecule is Cl.O=C(Nc1cccc2c1CCO2)[C@H]1CC[C@H]2OCCN[C@@H]2C1. The molecular formula is C17H23ClN2O3. The molecular weight excluding hydrogens is 316 g/mol.